The second-order valence-corrected chi connectivity index (χ2v) is 6.32. The Labute approximate surface area is 143 Å². The predicted octanol–water partition coefficient (Wildman–Crippen LogP) is 1.91. The number of methoxy groups -OCH3 is 1. The van der Waals surface area contributed by atoms with E-state index in [0.717, 1.165) is 11.3 Å². The van der Waals surface area contributed by atoms with Gasteiger partial charge in [-0.2, -0.15) is 0 Å². The maximum atomic E-state index is 11.5. The van der Waals surface area contributed by atoms with Gasteiger partial charge in [0, 0.05) is 25.1 Å². The van der Waals surface area contributed by atoms with E-state index in [9.17, 15) is 9.59 Å². The number of ether oxygens (including phenoxy) is 1. The van der Waals surface area contributed by atoms with E-state index in [1.165, 1.54) is 16.7 Å². The zero-order valence-corrected chi connectivity index (χ0v) is 14.0. The van der Waals surface area contributed by atoms with Crippen molar-refractivity contribution in [2.24, 2.45) is 0 Å². The molecule has 2 amide bonds. The number of aromatic nitrogens is 2. The second kappa shape index (κ2) is 7.48. The van der Waals surface area contributed by atoms with Crippen LogP contribution in [0.2, 0.25) is 0 Å². The van der Waals surface area contributed by atoms with Crippen molar-refractivity contribution in [2.75, 3.05) is 19.4 Å². The van der Waals surface area contributed by atoms with Crippen molar-refractivity contribution in [1.82, 2.24) is 15.1 Å². The van der Waals surface area contributed by atoms with Crippen molar-refractivity contribution in [1.29, 1.82) is 0 Å². The SMILES string of the molecule is COc1ccc(Cc2nnc(SCCN3C(=O)CCC3=O)o2)cc1. The molecule has 0 bridgehead atoms. The number of rotatable bonds is 7. The Bertz CT molecular complexity index is 713. The van der Waals surface area contributed by atoms with Crippen molar-refractivity contribution in [2.45, 2.75) is 24.5 Å². The van der Waals surface area contributed by atoms with Crippen LogP contribution >= 0.6 is 11.8 Å². The van der Waals surface area contributed by atoms with E-state index in [2.05, 4.69) is 10.2 Å². The molecule has 0 spiro atoms. The van der Waals surface area contributed by atoms with E-state index in [4.69, 9.17) is 9.15 Å². The van der Waals surface area contributed by atoms with Crippen LogP contribution in [0.25, 0.3) is 0 Å². The molecule has 0 radical (unpaired) electrons. The van der Waals surface area contributed by atoms with Crippen LogP contribution in [0.1, 0.15) is 24.3 Å². The van der Waals surface area contributed by atoms with Crippen LogP contribution in [0, 0.1) is 0 Å². The van der Waals surface area contributed by atoms with E-state index in [0.29, 0.717) is 42.7 Å². The number of amides is 2. The maximum Gasteiger partial charge on any atom is 0.276 e. The minimum atomic E-state index is -0.105. The molecule has 7 nitrogen and oxygen atoms in total. The van der Waals surface area contributed by atoms with Gasteiger partial charge >= 0.3 is 0 Å². The van der Waals surface area contributed by atoms with E-state index in [1.54, 1.807) is 7.11 Å². The minimum absolute atomic E-state index is 0.105. The van der Waals surface area contributed by atoms with E-state index < -0.39 is 0 Å². The number of thioether (sulfide) groups is 1. The molecule has 8 heteroatoms. The highest BCUT2D eigenvalue weighted by Gasteiger charge is 2.28. The summed E-state index contributed by atoms with van der Waals surface area (Å²) in [7, 11) is 1.62. The van der Waals surface area contributed by atoms with Gasteiger partial charge in [0.1, 0.15) is 5.75 Å². The average molecular weight is 347 g/mol. The van der Waals surface area contributed by atoms with Crippen molar-refractivity contribution in [3.8, 4) is 5.75 Å². The number of hydrogen-bond donors (Lipinski definition) is 0. The quantitative estimate of drug-likeness (QED) is 0.558. The summed E-state index contributed by atoms with van der Waals surface area (Å²) in [6, 6.07) is 7.65. The third kappa shape index (κ3) is 3.94. The van der Waals surface area contributed by atoms with Crippen LogP contribution in [0.4, 0.5) is 0 Å². The van der Waals surface area contributed by atoms with Gasteiger partial charge in [-0.05, 0) is 17.7 Å². The van der Waals surface area contributed by atoms with Gasteiger partial charge in [0.05, 0.1) is 13.5 Å². The molecule has 3 rings (SSSR count). The summed E-state index contributed by atoms with van der Waals surface area (Å²) >= 11 is 1.34. The largest absolute Gasteiger partial charge is 0.497 e. The summed E-state index contributed by atoms with van der Waals surface area (Å²) in [5.41, 5.74) is 1.05. The first-order chi connectivity index (χ1) is 11.7. The molecule has 0 saturated carbocycles. The Kier molecular flexibility index (Phi) is 5.14. The molecule has 1 aliphatic rings. The molecular weight excluding hydrogens is 330 g/mol. The fraction of sp³-hybridized carbons (Fsp3) is 0.375. The van der Waals surface area contributed by atoms with E-state index in [1.807, 2.05) is 24.3 Å². The van der Waals surface area contributed by atoms with Crippen LogP contribution in [0.3, 0.4) is 0 Å². The van der Waals surface area contributed by atoms with Gasteiger partial charge in [-0.1, -0.05) is 23.9 Å². The van der Waals surface area contributed by atoms with Gasteiger partial charge in [-0.15, -0.1) is 10.2 Å². The van der Waals surface area contributed by atoms with Crippen LogP contribution in [-0.4, -0.2) is 46.3 Å². The van der Waals surface area contributed by atoms with Gasteiger partial charge < -0.3 is 9.15 Å². The summed E-state index contributed by atoms with van der Waals surface area (Å²) in [5.74, 6) is 1.65. The molecule has 1 saturated heterocycles. The molecule has 1 fully saturated rings. The highest BCUT2D eigenvalue weighted by Crippen LogP contribution is 2.20. The lowest BCUT2D eigenvalue weighted by Gasteiger charge is -2.11. The number of benzene rings is 1. The fourth-order valence-corrected chi connectivity index (χ4v) is 3.08. The summed E-state index contributed by atoms with van der Waals surface area (Å²) in [5, 5.41) is 8.44. The first kappa shape index (κ1) is 16.5. The van der Waals surface area contributed by atoms with E-state index >= 15 is 0 Å². The Hall–Kier alpha value is -2.35. The lowest BCUT2D eigenvalue weighted by Crippen LogP contribution is -2.31. The Balaban J connectivity index is 1.50. The molecule has 126 valence electrons. The number of imide groups is 1. The van der Waals surface area contributed by atoms with Gasteiger partial charge in [0.15, 0.2) is 0 Å². The zero-order valence-electron chi connectivity index (χ0n) is 13.2. The minimum Gasteiger partial charge on any atom is -0.497 e. The van der Waals surface area contributed by atoms with Crippen LogP contribution < -0.4 is 4.74 Å². The van der Waals surface area contributed by atoms with Crippen molar-refractivity contribution in [3.05, 3.63) is 35.7 Å². The first-order valence-corrected chi connectivity index (χ1v) is 8.55. The molecule has 1 aliphatic heterocycles. The number of nitrogens with zero attached hydrogens (tertiary/aromatic N) is 3. The molecule has 0 aliphatic carbocycles. The maximum absolute atomic E-state index is 11.5. The average Bonchev–Trinajstić information content (AvgIpc) is 3.16. The Morgan fingerprint density at radius 1 is 1.17 bits per heavy atom. The highest BCUT2D eigenvalue weighted by molar-refractivity contribution is 7.99. The highest BCUT2D eigenvalue weighted by atomic mass is 32.2. The smallest absolute Gasteiger partial charge is 0.276 e. The molecule has 0 N–H and O–H groups in total. The first-order valence-electron chi connectivity index (χ1n) is 7.57. The van der Waals surface area contributed by atoms with Gasteiger partial charge in [0.25, 0.3) is 5.22 Å². The normalized spacial score (nSPS) is 14.5. The lowest BCUT2D eigenvalue weighted by molar-refractivity contribution is -0.137. The fourth-order valence-electron chi connectivity index (χ4n) is 2.38. The third-order valence-corrected chi connectivity index (χ3v) is 4.46. The second-order valence-electron chi connectivity index (χ2n) is 5.27. The van der Waals surface area contributed by atoms with Gasteiger partial charge in [-0.25, -0.2) is 0 Å². The van der Waals surface area contributed by atoms with Crippen molar-refractivity contribution >= 4 is 23.6 Å². The predicted molar refractivity (Wildman–Crippen MR) is 86.8 cm³/mol. The lowest BCUT2D eigenvalue weighted by atomic mass is 10.1. The van der Waals surface area contributed by atoms with Crippen LogP contribution in [0.15, 0.2) is 33.9 Å². The molecule has 1 aromatic carbocycles. The molecule has 2 aromatic rings. The van der Waals surface area contributed by atoms with E-state index in [-0.39, 0.29) is 11.8 Å². The molecule has 0 unspecified atom stereocenters. The molecule has 0 atom stereocenters. The molecular formula is C16H17N3O4S. The Morgan fingerprint density at radius 2 is 1.88 bits per heavy atom. The summed E-state index contributed by atoms with van der Waals surface area (Å²) < 4.78 is 10.7. The topological polar surface area (TPSA) is 85.5 Å². The van der Waals surface area contributed by atoms with Gasteiger partial charge in [-0.3, -0.25) is 14.5 Å². The van der Waals surface area contributed by atoms with Crippen molar-refractivity contribution in [3.63, 3.8) is 0 Å². The van der Waals surface area contributed by atoms with Crippen LogP contribution in [0.5, 0.6) is 5.75 Å². The summed E-state index contributed by atoms with van der Waals surface area (Å²) in [4.78, 5) is 24.3. The number of carbonyl (C=O) groups excluding carboxylic acids is 2. The monoisotopic (exact) mass is 347 g/mol. The molecule has 24 heavy (non-hydrogen) atoms. The molecule has 1 aromatic heterocycles. The van der Waals surface area contributed by atoms with Crippen molar-refractivity contribution < 1.29 is 18.7 Å². The summed E-state index contributed by atoms with van der Waals surface area (Å²) in [6.07, 6.45) is 1.17. The number of likely N-dealkylation sites (tertiary alicyclic amines) is 1. The number of carbonyl (C=O) groups is 2. The standard InChI is InChI=1S/C16H17N3O4S/c1-22-12-4-2-11(3-5-12)10-13-17-18-16(23-13)24-9-8-19-14(20)6-7-15(19)21/h2-5H,6-10H2,1H3. The Morgan fingerprint density at radius 3 is 2.54 bits per heavy atom. The summed E-state index contributed by atoms with van der Waals surface area (Å²) in [6.45, 7) is 0.374. The zero-order chi connectivity index (χ0) is 16.9. The number of hydrogen-bond acceptors (Lipinski definition) is 7. The molecule has 2 heterocycles. The third-order valence-electron chi connectivity index (χ3n) is 3.66. The van der Waals surface area contributed by atoms with Gasteiger partial charge in [0.2, 0.25) is 17.7 Å². The van der Waals surface area contributed by atoms with Crippen LogP contribution in [-0.2, 0) is 16.0 Å².